The second-order valence-corrected chi connectivity index (χ2v) is 6.39. The third kappa shape index (κ3) is 3.97. The molecule has 0 saturated carbocycles. The molecule has 2 aromatic carbocycles. The first-order chi connectivity index (χ1) is 12.6. The molecule has 1 amide bonds. The van der Waals surface area contributed by atoms with E-state index in [1.807, 2.05) is 62.4 Å². The first-order valence-electron chi connectivity index (χ1n) is 8.70. The number of hydrogen-bond acceptors (Lipinski definition) is 2. The number of hydrogen-bond donors (Lipinski definition) is 1. The van der Waals surface area contributed by atoms with Crippen LogP contribution in [0.2, 0.25) is 0 Å². The number of benzene rings is 2. The van der Waals surface area contributed by atoms with Crippen molar-refractivity contribution in [2.75, 3.05) is 7.11 Å². The van der Waals surface area contributed by atoms with Gasteiger partial charge in [0.05, 0.1) is 12.7 Å². The van der Waals surface area contributed by atoms with E-state index in [1.54, 1.807) is 7.11 Å². The molecule has 0 aliphatic heterocycles. The van der Waals surface area contributed by atoms with E-state index in [-0.39, 0.29) is 5.91 Å². The number of carbonyl (C=O) groups is 1. The number of aromatic nitrogens is 1. The van der Waals surface area contributed by atoms with Gasteiger partial charge in [-0.15, -0.1) is 0 Å². The van der Waals surface area contributed by atoms with Gasteiger partial charge in [0.15, 0.2) is 0 Å². The number of ether oxygens (including phenoxy) is 1. The van der Waals surface area contributed by atoms with E-state index in [2.05, 4.69) is 22.0 Å². The average molecular weight is 348 g/mol. The summed E-state index contributed by atoms with van der Waals surface area (Å²) in [5.74, 6) is 0.762. The zero-order valence-corrected chi connectivity index (χ0v) is 15.5. The standard InChI is InChI=1S/C22H24N2O2/c1-16-13-21(17(2)24(16)15-19-7-5-4-6-8-19)22(25)23-14-18-9-11-20(26-3)12-10-18/h4-13H,14-15H2,1-3H3,(H,23,25). The molecule has 4 nitrogen and oxygen atoms in total. The van der Waals surface area contributed by atoms with Gasteiger partial charge in [0.25, 0.3) is 5.91 Å². The molecular weight excluding hydrogens is 324 g/mol. The molecule has 134 valence electrons. The van der Waals surface area contributed by atoms with Gasteiger partial charge in [-0.3, -0.25) is 4.79 Å². The van der Waals surface area contributed by atoms with E-state index in [9.17, 15) is 4.79 Å². The van der Waals surface area contributed by atoms with Gasteiger partial charge >= 0.3 is 0 Å². The van der Waals surface area contributed by atoms with Crippen LogP contribution in [0.25, 0.3) is 0 Å². The fraction of sp³-hybridized carbons (Fsp3) is 0.227. The van der Waals surface area contributed by atoms with Crippen molar-refractivity contribution in [3.8, 4) is 5.75 Å². The van der Waals surface area contributed by atoms with Gasteiger partial charge in [-0.1, -0.05) is 42.5 Å². The smallest absolute Gasteiger partial charge is 0.253 e. The largest absolute Gasteiger partial charge is 0.497 e. The van der Waals surface area contributed by atoms with Crippen molar-refractivity contribution >= 4 is 5.91 Å². The van der Waals surface area contributed by atoms with Crippen molar-refractivity contribution in [3.63, 3.8) is 0 Å². The maximum absolute atomic E-state index is 12.6. The topological polar surface area (TPSA) is 43.3 Å². The van der Waals surface area contributed by atoms with E-state index in [4.69, 9.17) is 4.74 Å². The predicted molar refractivity (Wildman–Crippen MR) is 104 cm³/mol. The molecule has 0 unspecified atom stereocenters. The van der Waals surface area contributed by atoms with Crippen molar-refractivity contribution in [1.82, 2.24) is 9.88 Å². The summed E-state index contributed by atoms with van der Waals surface area (Å²) < 4.78 is 7.33. The van der Waals surface area contributed by atoms with Crippen LogP contribution in [0.4, 0.5) is 0 Å². The minimum atomic E-state index is -0.0479. The second-order valence-electron chi connectivity index (χ2n) is 6.39. The number of amides is 1. The highest BCUT2D eigenvalue weighted by atomic mass is 16.5. The fourth-order valence-electron chi connectivity index (χ4n) is 3.06. The van der Waals surface area contributed by atoms with Gasteiger partial charge in [-0.2, -0.15) is 0 Å². The molecule has 0 saturated heterocycles. The van der Waals surface area contributed by atoms with Crippen molar-refractivity contribution in [2.45, 2.75) is 26.9 Å². The van der Waals surface area contributed by atoms with Crippen LogP contribution < -0.4 is 10.1 Å². The summed E-state index contributed by atoms with van der Waals surface area (Å²) in [6, 6.07) is 19.9. The van der Waals surface area contributed by atoms with Crippen molar-refractivity contribution < 1.29 is 9.53 Å². The van der Waals surface area contributed by atoms with Gasteiger partial charge < -0.3 is 14.6 Å². The summed E-state index contributed by atoms with van der Waals surface area (Å²) in [6.45, 7) is 5.30. The van der Waals surface area contributed by atoms with Crippen molar-refractivity contribution in [2.24, 2.45) is 0 Å². The van der Waals surface area contributed by atoms with Crippen LogP contribution >= 0.6 is 0 Å². The molecule has 0 radical (unpaired) electrons. The lowest BCUT2D eigenvalue weighted by Crippen LogP contribution is -2.23. The highest BCUT2D eigenvalue weighted by Gasteiger charge is 2.15. The molecule has 0 aliphatic carbocycles. The number of nitrogens with zero attached hydrogens (tertiary/aromatic N) is 1. The number of methoxy groups -OCH3 is 1. The third-order valence-corrected chi connectivity index (χ3v) is 4.61. The Morgan fingerprint density at radius 1 is 1.00 bits per heavy atom. The Morgan fingerprint density at radius 3 is 2.35 bits per heavy atom. The van der Waals surface area contributed by atoms with Crippen LogP contribution in [0, 0.1) is 13.8 Å². The molecule has 0 aliphatic rings. The minimum Gasteiger partial charge on any atom is -0.497 e. The summed E-state index contributed by atoms with van der Waals surface area (Å²) in [4.78, 5) is 12.6. The number of carbonyl (C=O) groups excluding carboxylic acids is 1. The molecule has 0 bridgehead atoms. The summed E-state index contributed by atoms with van der Waals surface area (Å²) >= 11 is 0. The Hall–Kier alpha value is -3.01. The normalized spacial score (nSPS) is 10.6. The monoisotopic (exact) mass is 348 g/mol. The predicted octanol–water partition coefficient (Wildman–Crippen LogP) is 4.09. The SMILES string of the molecule is COc1ccc(CNC(=O)c2cc(C)n(Cc3ccccc3)c2C)cc1. The van der Waals surface area contributed by atoms with Gasteiger partial charge in [0.2, 0.25) is 0 Å². The zero-order valence-electron chi connectivity index (χ0n) is 15.5. The average Bonchev–Trinajstić information content (AvgIpc) is 2.95. The van der Waals surface area contributed by atoms with Crippen LogP contribution in [0.3, 0.4) is 0 Å². The molecule has 0 atom stereocenters. The molecule has 3 aromatic rings. The molecule has 3 rings (SSSR count). The minimum absolute atomic E-state index is 0.0479. The number of nitrogens with one attached hydrogen (secondary N) is 1. The Bertz CT molecular complexity index is 881. The Labute approximate surface area is 154 Å². The molecule has 0 fully saturated rings. The van der Waals surface area contributed by atoms with Gasteiger partial charge in [-0.05, 0) is 43.2 Å². The Morgan fingerprint density at radius 2 is 1.69 bits per heavy atom. The van der Waals surface area contributed by atoms with Crippen LogP contribution in [0.15, 0.2) is 60.7 Å². The lowest BCUT2D eigenvalue weighted by atomic mass is 10.2. The van der Waals surface area contributed by atoms with Crippen molar-refractivity contribution in [3.05, 3.63) is 88.7 Å². The summed E-state index contributed by atoms with van der Waals surface area (Å²) in [5.41, 5.74) is 5.06. The zero-order chi connectivity index (χ0) is 18.5. The first kappa shape index (κ1) is 17.8. The van der Waals surface area contributed by atoms with Crippen LogP contribution in [-0.4, -0.2) is 17.6 Å². The Kier molecular flexibility index (Phi) is 5.42. The summed E-state index contributed by atoms with van der Waals surface area (Å²) in [5, 5.41) is 3.00. The van der Waals surface area contributed by atoms with Crippen molar-refractivity contribution in [1.29, 1.82) is 0 Å². The quantitative estimate of drug-likeness (QED) is 0.729. The maximum atomic E-state index is 12.6. The molecule has 0 spiro atoms. The molecule has 26 heavy (non-hydrogen) atoms. The lowest BCUT2D eigenvalue weighted by molar-refractivity contribution is 0.0950. The molecule has 4 heteroatoms. The highest BCUT2D eigenvalue weighted by Crippen LogP contribution is 2.18. The summed E-state index contributed by atoms with van der Waals surface area (Å²) in [6.07, 6.45) is 0. The summed E-state index contributed by atoms with van der Waals surface area (Å²) in [7, 11) is 1.64. The van der Waals surface area contributed by atoms with E-state index in [1.165, 1.54) is 5.56 Å². The van der Waals surface area contributed by atoms with Gasteiger partial charge in [-0.25, -0.2) is 0 Å². The van der Waals surface area contributed by atoms with Crippen LogP contribution in [-0.2, 0) is 13.1 Å². The lowest BCUT2D eigenvalue weighted by Gasteiger charge is -2.10. The third-order valence-electron chi connectivity index (χ3n) is 4.61. The van der Waals surface area contributed by atoms with Gasteiger partial charge in [0, 0.05) is 24.5 Å². The van der Waals surface area contributed by atoms with Gasteiger partial charge in [0.1, 0.15) is 5.75 Å². The van der Waals surface area contributed by atoms with E-state index in [0.29, 0.717) is 6.54 Å². The fourth-order valence-corrected chi connectivity index (χ4v) is 3.06. The molecule has 1 heterocycles. The second kappa shape index (κ2) is 7.91. The van der Waals surface area contributed by atoms with E-state index in [0.717, 1.165) is 34.8 Å². The maximum Gasteiger partial charge on any atom is 0.253 e. The Balaban J connectivity index is 1.70. The molecular formula is C22H24N2O2. The van der Waals surface area contributed by atoms with Crippen LogP contribution in [0.5, 0.6) is 5.75 Å². The van der Waals surface area contributed by atoms with E-state index < -0.39 is 0 Å². The van der Waals surface area contributed by atoms with Crippen LogP contribution in [0.1, 0.15) is 32.9 Å². The first-order valence-corrected chi connectivity index (χ1v) is 8.70. The number of aryl methyl sites for hydroxylation is 1. The molecule has 1 N–H and O–H groups in total. The number of rotatable bonds is 6. The highest BCUT2D eigenvalue weighted by molar-refractivity contribution is 5.95. The molecule has 1 aromatic heterocycles. The van der Waals surface area contributed by atoms with E-state index >= 15 is 0 Å².